The normalized spacial score (nSPS) is 11.2. The molecule has 0 heterocycles. The molecule has 0 atom stereocenters. The first-order chi connectivity index (χ1) is 13.5. The number of carbonyl (C=O) groups is 2. The molecule has 0 aliphatic heterocycles. The number of hydrogen-bond acceptors (Lipinski definition) is 4. The molecule has 0 bridgehead atoms. The topological polar surface area (TPSA) is 125 Å². The van der Waals surface area contributed by atoms with Gasteiger partial charge in [-0.1, -0.05) is 0 Å². The first-order valence-corrected chi connectivity index (χ1v) is 9.21. The van der Waals surface area contributed by atoms with E-state index in [0.29, 0.717) is 24.3 Å². The summed E-state index contributed by atoms with van der Waals surface area (Å²) in [7, 11) is -4.44. The minimum Gasteiger partial charge on any atom is -0.465 e. The van der Waals surface area contributed by atoms with Crippen molar-refractivity contribution in [3.05, 3.63) is 59.2 Å². The summed E-state index contributed by atoms with van der Waals surface area (Å²) in [6, 6.07) is 3.30. The van der Waals surface area contributed by atoms with Crippen molar-refractivity contribution in [2.45, 2.75) is 4.90 Å². The van der Waals surface area contributed by atoms with Crippen LogP contribution in [0.5, 0.6) is 0 Å². The molecule has 0 aliphatic rings. The van der Waals surface area contributed by atoms with Crippen molar-refractivity contribution < 1.29 is 40.7 Å². The van der Waals surface area contributed by atoms with Gasteiger partial charge in [0.15, 0.2) is 17.5 Å². The number of hydrogen-bond donors (Lipinski definition) is 4. The van der Waals surface area contributed by atoms with Crippen LogP contribution < -0.4 is 15.4 Å². The Labute approximate surface area is 161 Å². The molecule has 13 heteroatoms. The lowest BCUT2D eigenvalue weighted by molar-refractivity contribution is 0.102. The van der Waals surface area contributed by atoms with Gasteiger partial charge in [0.1, 0.15) is 10.7 Å². The van der Waals surface area contributed by atoms with E-state index in [1.165, 1.54) is 0 Å². The molecule has 8 nitrogen and oxygen atoms in total. The van der Waals surface area contributed by atoms with E-state index in [2.05, 4.69) is 0 Å². The number of carbonyl (C=O) groups excluding carboxylic acids is 1. The molecule has 2 aromatic carbocycles. The fourth-order valence-corrected chi connectivity index (χ4v) is 3.25. The highest BCUT2D eigenvalue weighted by molar-refractivity contribution is 7.89. The molecule has 0 saturated carbocycles. The lowest BCUT2D eigenvalue weighted by Crippen LogP contribution is -2.34. The van der Waals surface area contributed by atoms with Gasteiger partial charge >= 0.3 is 6.09 Å². The van der Waals surface area contributed by atoms with Crippen LogP contribution in [0.2, 0.25) is 0 Å². The second kappa shape index (κ2) is 8.87. The number of anilines is 1. The third-order valence-corrected chi connectivity index (χ3v) is 4.89. The molecule has 0 aliphatic carbocycles. The third-order valence-electron chi connectivity index (χ3n) is 3.42. The number of rotatable bonds is 7. The Hall–Kier alpha value is -3.19. The molecule has 0 unspecified atom stereocenters. The fraction of sp³-hybridized carbons (Fsp3) is 0.125. The van der Waals surface area contributed by atoms with E-state index in [1.807, 2.05) is 15.4 Å². The van der Waals surface area contributed by atoms with Crippen molar-refractivity contribution in [2.24, 2.45) is 0 Å². The molecular formula is C16H13F4N3O5S. The van der Waals surface area contributed by atoms with E-state index in [1.54, 1.807) is 0 Å². The van der Waals surface area contributed by atoms with Crippen LogP contribution in [0.15, 0.2) is 35.2 Å². The highest BCUT2D eigenvalue weighted by atomic mass is 32.2. The maximum absolute atomic E-state index is 13.9. The lowest BCUT2D eigenvalue weighted by Gasteiger charge is -2.10. The minimum absolute atomic E-state index is 0.294. The summed E-state index contributed by atoms with van der Waals surface area (Å²) in [4.78, 5) is 21.6. The number of carboxylic acid groups (broad SMARTS) is 1. The minimum atomic E-state index is -4.44. The van der Waals surface area contributed by atoms with Crippen LogP contribution in [0.3, 0.4) is 0 Å². The predicted octanol–water partition coefficient (Wildman–Crippen LogP) is 2.04. The summed E-state index contributed by atoms with van der Waals surface area (Å²) in [6.45, 7) is -0.684. The van der Waals surface area contributed by atoms with E-state index in [0.717, 1.165) is 6.07 Å². The molecule has 0 fully saturated rings. The predicted molar refractivity (Wildman–Crippen MR) is 91.9 cm³/mol. The summed E-state index contributed by atoms with van der Waals surface area (Å²) >= 11 is 0. The molecule has 0 spiro atoms. The summed E-state index contributed by atoms with van der Waals surface area (Å²) in [5.41, 5.74) is -0.821. The fourth-order valence-electron chi connectivity index (χ4n) is 2.11. The van der Waals surface area contributed by atoms with Gasteiger partial charge in [-0.05, 0) is 18.2 Å². The largest absolute Gasteiger partial charge is 0.465 e. The van der Waals surface area contributed by atoms with E-state index in [4.69, 9.17) is 5.11 Å². The standard InChI is InChI=1S/C16H13F4N3O5S/c17-10-2-1-8(5-13(10)29(27,28)22-4-3-21-16(25)26)15(24)23-9-6-11(18)14(20)12(19)7-9/h1-2,5-7,21-22H,3-4H2,(H,23,24)(H,25,26). The zero-order chi connectivity index (χ0) is 21.8. The molecule has 156 valence electrons. The van der Waals surface area contributed by atoms with Crippen molar-refractivity contribution in [3.63, 3.8) is 0 Å². The summed E-state index contributed by atoms with van der Waals surface area (Å²) in [5, 5.41) is 12.3. The number of sulfonamides is 1. The van der Waals surface area contributed by atoms with Gasteiger partial charge in [-0.3, -0.25) is 4.79 Å². The number of benzene rings is 2. The number of halogens is 4. The number of amides is 2. The molecule has 29 heavy (non-hydrogen) atoms. The van der Waals surface area contributed by atoms with Crippen molar-refractivity contribution in [1.29, 1.82) is 0 Å². The Morgan fingerprint density at radius 1 is 0.931 bits per heavy atom. The van der Waals surface area contributed by atoms with Gasteiger partial charge in [0.25, 0.3) is 5.91 Å². The van der Waals surface area contributed by atoms with Gasteiger partial charge in [0.05, 0.1) is 0 Å². The average Bonchev–Trinajstić information content (AvgIpc) is 2.63. The van der Waals surface area contributed by atoms with Crippen molar-refractivity contribution in [1.82, 2.24) is 10.0 Å². The van der Waals surface area contributed by atoms with E-state index < -0.39 is 62.4 Å². The Kier molecular flexibility index (Phi) is 6.76. The van der Waals surface area contributed by atoms with Crippen LogP contribution in [-0.2, 0) is 10.0 Å². The second-order valence-corrected chi connectivity index (χ2v) is 7.22. The van der Waals surface area contributed by atoms with Crippen LogP contribution in [0, 0.1) is 23.3 Å². The Bertz CT molecular complexity index is 1040. The van der Waals surface area contributed by atoms with Crippen molar-refractivity contribution in [3.8, 4) is 0 Å². The van der Waals surface area contributed by atoms with Crippen molar-refractivity contribution in [2.75, 3.05) is 18.4 Å². The molecule has 0 saturated heterocycles. The number of nitrogens with one attached hydrogen (secondary N) is 3. The Balaban J connectivity index is 2.21. The Morgan fingerprint density at radius 2 is 1.55 bits per heavy atom. The van der Waals surface area contributed by atoms with E-state index in [9.17, 15) is 35.6 Å². The highest BCUT2D eigenvalue weighted by Gasteiger charge is 2.21. The van der Waals surface area contributed by atoms with Crippen LogP contribution in [0.4, 0.5) is 28.0 Å². The monoisotopic (exact) mass is 435 g/mol. The summed E-state index contributed by atoms with van der Waals surface area (Å²) in [5.74, 6) is -7.08. The zero-order valence-corrected chi connectivity index (χ0v) is 15.1. The average molecular weight is 435 g/mol. The van der Waals surface area contributed by atoms with Crippen LogP contribution in [0.25, 0.3) is 0 Å². The third kappa shape index (κ3) is 5.65. The van der Waals surface area contributed by atoms with Crippen molar-refractivity contribution >= 4 is 27.7 Å². The summed E-state index contributed by atoms with van der Waals surface area (Å²) in [6.07, 6.45) is -1.39. The molecule has 4 N–H and O–H groups in total. The van der Waals surface area contributed by atoms with E-state index >= 15 is 0 Å². The lowest BCUT2D eigenvalue weighted by atomic mass is 10.2. The van der Waals surface area contributed by atoms with Gasteiger partial charge in [0, 0.05) is 36.5 Å². The molecule has 2 aromatic rings. The smallest absolute Gasteiger partial charge is 0.404 e. The second-order valence-electron chi connectivity index (χ2n) is 5.48. The quantitative estimate of drug-likeness (QED) is 0.301. The SMILES string of the molecule is O=C(O)NCCNS(=O)(=O)c1cc(C(=O)Nc2cc(F)c(F)c(F)c2)ccc1F. The van der Waals surface area contributed by atoms with Crippen LogP contribution in [-0.4, -0.2) is 38.6 Å². The first kappa shape index (κ1) is 22.1. The van der Waals surface area contributed by atoms with Gasteiger partial charge in [-0.2, -0.15) is 0 Å². The van der Waals surface area contributed by atoms with Gasteiger partial charge in [0.2, 0.25) is 10.0 Å². The molecule has 0 aromatic heterocycles. The van der Waals surface area contributed by atoms with Gasteiger partial charge in [-0.25, -0.2) is 35.5 Å². The molecular weight excluding hydrogens is 422 g/mol. The van der Waals surface area contributed by atoms with Gasteiger partial charge < -0.3 is 15.7 Å². The van der Waals surface area contributed by atoms with Crippen LogP contribution >= 0.6 is 0 Å². The zero-order valence-electron chi connectivity index (χ0n) is 14.3. The van der Waals surface area contributed by atoms with Gasteiger partial charge in [-0.15, -0.1) is 0 Å². The molecule has 0 radical (unpaired) electrons. The maximum atomic E-state index is 13.9. The van der Waals surface area contributed by atoms with E-state index in [-0.39, 0.29) is 12.1 Å². The first-order valence-electron chi connectivity index (χ1n) is 7.73. The summed E-state index contributed by atoms with van der Waals surface area (Å²) < 4.78 is 79.6. The highest BCUT2D eigenvalue weighted by Crippen LogP contribution is 2.20. The maximum Gasteiger partial charge on any atom is 0.404 e. The Morgan fingerprint density at radius 3 is 2.14 bits per heavy atom. The molecule has 2 rings (SSSR count). The molecule has 2 amide bonds. The van der Waals surface area contributed by atoms with Crippen LogP contribution in [0.1, 0.15) is 10.4 Å².